The lowest BCUT2D eigenvalue weighted by Crippen LogP contribution is -2.15. The molecule has 0 saturated carbocycles. The Balaban J connectivity index is 1.43. The first-order valence-corrected chi connectivity index (χ1v) is 10.9. The van der Waals surface area contributed by atoms with Crippen LogP contribution in [0, 0.1) is 0 Å². The molecule has 3 aromatic carbocycles. The Bertz CT molecular complexity index is 1260. The molecule has 32 heavy (non-hydrogen) atoms. The molecule has 0 saturated heterocycles. The van der Waals surface area contributed by atoms with Crippen LogP contribution in [0.3, 0.4) is 0 Å². The highest BCUT2D eigenvalue weighted by atomic mass is 79.9. The first-order valence-electron chi connectivity index (χ1n) is 9.77. The van der Waals surface area contributed by atoms with Gasteiger partial charge in [0.2, 0.25) is 17.6 Å². The summed E-state index contributed by atoms with van der Waals surface area (Å²) in [5, 5.41) is 7.17. The number of benzene rings is 3. The predicted molar refractivity (Wildman–Crippen MR) is 126 cm³/mol. The van der Waals surface area contributed by atoms with E-state index in [0.29, 0.717) is 33.6 Å². The summed E-state index contributed by atoms with van der Waals surface area (Å²) < 4.78 is 6.21. The summed E-state index contributed by atoms with van der Waals surface area (Å²) in [7, 11) is 0. The fourth-order valence-electron chi connectivity index (χ4n) is 3.06. The average Bonchev–Trinajstić information content (AvgIpc) is 3.28. The van der Waals surface area contributed by atoms with E-state index in [0.717, 1.165) is 10.0 Å². The van der Waals surface area contributed by atoms with Crippen molar-refractivity contribution in [2.45, 2.75) is 12.8 Å². The maximum absolute atomic E-state index is 12.9. The van der Waals surface area contributed by atoms with Crippen molar-refractivity contribution in [1.29, 1.82) is 0 Å². The number of hydrogen-bond donors (Lipinski definition) is 1. The van der Waals surface area contributed by atoms with Gasteiger partial charge in [0.25, 0.3) is 0 Å². The molecule has 0 bridgehead atoms. The van der Waals surface area contributed by atoms with Crippen LogP contribution in [-0.2, 0) is 11.2 Å². The smallest absolute Gasteiger partial charge is 0.227 e. The molecule has 1 amide bonds. The molecule has 4 aromatic rings. The number of carbonyl (C=O) groups is 2. The topological polar surface area (TPSA) is 85.1 Å². The van der Waals surface area contributed by atoms with Crippen LogP contribution in [0.4, 0.5) is 5.69 Å². The molecule has 0 spiro atoms. The third-order valence-corrected chi connectivity index (χ3v) is 5.44. The largest absolute Gasteiger partial charge is 0.339 e. The number of halogens is 2. The van der Waals surface area contributed by atoms with Gasteiger partial charge in [0.15, 0.2) is 5.78 Å². The predicted octanol–water partition coefficient (Wildman–Crippen LogP) is 5.95. The minimum Gasteiger partial charge on any atom is -0.339 e. The Hall–Kier alpha value is -3.29. The summed E-state index contributed by atoms with van der Waals surface area (Å²) in [6, 6.07) is 21.1. The molecule has 0 atom stereocenters. The highest BCUT2D eigenvalue weighted by Gasteiger charge is 2.17. The van der Waals surface area contributed by atoms with Crippen LogP contribution in [0.2, 0.25) is 5.02 Å². The van der Waals surface area contributed by atoms with Crippen molar-refractivity contribution >= 4 is 44.9 Å². The summed E-state index contributed by atoms with van der Waals surface area (Å²) in [6.07, 6.45) is 0.383. The zero-order valence-electron chi connectivity index (χ0n) is 16.7. The van der Waals surface area contributed by atoms with Gasteiger partial charge in [-0.05, 0) is 42.5 Å². The molecule has 0 aliphatic carbocycles. The SMILES string of the molecule is O=C(CCc1nc(-c2ccc(Br)cc2)no1)Nc1ccc(Cl)cc1C(=O)c1ccccc1. The number of ketones is 1. The van der Waals surface area contributed by atoms with Gasteiger partial charge in [0, 0.05) is 39.0 Å². The van der Waals surface area contributed by atoms with E-state index in [-0.39, 0.29) is 24.5 Å². The van der Waals surface area contributed by atoms with Gasteiger partial charge < -0.3 is 9.84 Å². The monoisotopic (exact) mass is 509 g/mol. The molecular formula is C24H17BrClN3O3. The van der Waals surface area contributed by atoms with Crippen LogP contribution in [0.5, 0.6) is 0 Å². The van der Waals surface area contributed by atoms with Gasteiger partial charge in [-0.25, -0.2) is 0 Å². The maximum Gasteiger partial charge on any atom is 0.227 e. The number of nitrogens with one attached hydrogen (secondary N) is 1. The highest BCUT2D eigenvalue weighted by molar-refractivity contribution is 9.10. The van der Waals surface area contributed by atoms with Crippen LogP contribution in [0.25, 0.3) is 11.4 Å². The number of aromatic nitrogens is 2. The van der Waals surface area contributed by atoms with Crippen molar-refractivity contribution in [2.75, 3.05) is 5.32 Å². The number of aryl methyl sites for hydroxylation is 1. The van der Waals surface area contributed by atoms with E-state index in [1.54, 1.807) is 42.5 Å². The van der Waals surface area contributed by atoms with Crippen LogP contribution < -0.4 is 5.32 Å². The van der Waals surface area contributed by atoms with E-state index < -0.39 is 0 Å². The van der Waals surface area contributed by atoms with E-state index in [9.17, 15) is 9.59 Å². The van der Waals surface area contributed by atoms with Crippen LogP contribution >= 0.6 is 27.5 Å². The van der Waals surface area contributed by atoms with E-state index in [4.69, 9.17) is 16.1 Å². The van der Waals surface area contributed by atoms with E-state index >= 15 is 0 Å². The molecule has 1 N–H and O–H groups in total. The molecule has 8 heteroatoms. The molecule has 1 heterocycles. The first kappa shape index (κ1) is 21.9. The van der Waals surface area contributed by atoms with Gasteiger partial charge in [-0.2, -0.15) is 4.98 Å². The lowest BCUT2D eigenvalue weighted by Gasteiger charge is -2.11. The van der Waals surface area contributed by atoms with Crippen LogP contribution in [0.1, 0.15) is 28.2 Å². The van der Waals surface area contributed by atoms with Gasteiger partial charge >= 0.3 is 0 Å². The maximum atomic E-state index is 12.9. The van der Waals surface area contributed by atoms with Crippen LogP contribution in [-0.4, -0.2) is 21.8 Å². The van der Waals surface area contributed by atoms with Crippen LogP contribution in [0.15, 0.2) is 81.8 Å². The molecule has 0 aliphatic rings. The quantitative estimate of drug-likeness (QED) is 0.310. The Labute approximate surface area is 197 Å². The molecule has 0 aliphatic heterocycles. The minimum absolute atomic E-state index is 0.115. The summed E-state index contributed by atoms with van der Waals surface area (Å²) >= 11 is 9.48. The zero-order chi connectivity index (χ0) is 22.5. The molecule has 1 aromatic heterocycles. The van der Waals surface area contributed by atoms with Crippen molar-refractivity contribution in [1.82, 2.24) is 10.1 Å². The molecular weight excluding hydrogens is 494 g/mol. The van der Waals surface area contributed by atoms with Gasteiger partial charge in [-0.15, -0.1) is 0 Å². The van der Waals surface area contributed by atoms with Crippen molar-refractivity contribution in [3.63, 3.8) is 0 Å². The molecule has 0 radical (unpaired) electrons. The van der Waals surface area contributed by atoms with Crippen molar-refractivity contribution in [3.05, 3.63) is 99.3 Å². The minimum atomic E-state index is -0.280. The number of rotatable bonds is 7. The normalized spacial score (nSPS) is 10.7. The average molecular weight is 511 g/mol. The third-order valence-electron chi connectivity index (χ3n) is 4.67. The lowest BCUT2D eigenvalue weighted by atomic mass is 10.0. The van der Waals surface area contributed by atoms with Gasteiger partial charge in [-0.3, -0.25) is 9.59 Å². The van der Waals surface area contributed by atoms with Crippen molar-refractivity contribution in [2.24, 2.45) is 0 Å². The van der Waals surface area contributed by atoms with Gasteiger partial charge in [0.1, 0.15) is 0 Å². The zero-order valence-corrected chi connectivity index (χ0v) is 19.1. The number of amides is 1. The molecule has 0 fully saturated rings. The lowest BCUT2D eigenvalue weighted by molar-refractivity contribution is -0.116. The standard InChI is InChI=1S/C24H17BrClN3O3/c25-17-8-6-16(7-9-17)24-28-22(32-29-24)13-12-21(30)27-20-11-10-18(26)14-19(20)23(31)15-4-2-1-3-5-15/h1-11,14H,12-13H2,(H,27,30). The Morgan fingerprint density at radius 3 is 2.50 bits per heavy atom. The summed E-state index contributed by atoms with van der Waals surface area (Å²) in [4.78, 5) is 29.8. The van der Waals surface area contributed by atoms with E-state index in [1.807, 2.05) is 30.3 Å². The third kappa shape index (κ3) is 5.30. The van der Waals surface area contributed by atoms with Gasteiger partial charge in [-0.1, -0.05) is 63.0 Å². The summed E-state index contributed by atoms with van der Waals surface area (Å²) in [6.45, 7) is 0. The summed E-state index contributed by atoms with van der Waals surface area (Å²) in [5.74, 6) is 0.313. The Morgan fingerprint density at radius 2 is 1.75 bits per heavy atom. The molecule has 4 rings (SSSR count). The number of nitrogens with zero attached hydrogens (tertiary/aromatic N) is 2. The summed E-state index contributed by atoms with van der Waals surface area (Å²) in [5.41, 5.74) is 2.05. The molecule has 0 unspecified atom stereocenters. The fraction of sp³-hybridized carbons (Fsp3) is 0.0833. The van der Waals surface area contributed by atoms with Gasteiger partial charge in [0.05, 0.1) is 5.69 Å². The molecule has 6 nitrogen and oxygen atoms in total. The number of anilines is 1. The number of carbonyl (C=O) groups excluding carboxylic acids is 2. The number of hydrogen-bond acceptors (Lipinski definition) is 5. The second-order valence-corrected chi connectivity index (χ2v) is 8.30. The molecule has 160 valence electrons. The fourth-order valence-corrected chi connectivity index (χ4v) is 3.50. The van der Waals surface area contributed by atoms with E-state index in [2.05, 4.69) is 31.4 Å². The van der Waals surface area contributed by atoms with E-state index in [1.165, 1.54) is 0 Å². The Morgan fingerprint density at radius 1 is 1.00 bits per heavy atom. The highest BCUT2D eigenvalue weighted by Crippen LogP contribution is 2.24. The second-order valence-electron chi connectivity index (χ2n) is 6.95. The first-order chi connectivity index (χ1) is 15.5. The van der Waals surface area contributed by atoms with Crippen molar-refractivity contribution < 1.29 is 14.1 Å². The van der Waals surface area contributed by atoms with Crippen molar-refractivity contribution in [3.8, 4) is 11.4 Å². The second kappa shape index (κ2) is 9.89. The Kier molecular flexibility index (Phi) is 6.78.